The van der Waals surface area contributed by atoms with E-state index >= 15 is 0 Å². The Bertz CT molecular complexity index is 754. The van der Waals surface area contributed by atoms with Crippen molar-refractivity contribution in [1.82, 2.24) is 14.5 Å². The monoisotopic (exact) mass is 403 g/mol. The van der Waals surface area contributed by atoms with E-state index in [2.05, 4.69) is 5.32 Å². The fourth-order valence-corrected chi connectivity index (χ4v) is 4.46. The van der Waals surface area contributed by atoms with Gasteiger partial charge in [-0.2, -0.15) is 4.31 Å². The lowest BCUT2D eigenvalue weighted by Gasteiger charge is -2.30. The first kappa shape index (κ1) is 20.5. The van der Waals surface area contributed by atoms with E-state index in [1.807, 2.05) is 0 Å². The van der Waals surface area contributed by atoms with E-state index in [9.17, 15) is 18.0 Å². The van der Waals surface area contributed by atoms with Gasteiger partial charge in [0.1, 0.15) is 6.04 Å². The van der Waals surface area contributed by atoms with Crippen molar-refractivity contribution in [3.05, 3.63) is 29.3 Å². The minimum absolute atomic E-state index is 0.0110. The minimum atomic E-state index is -3.99. The van der Waals surface area contributed by atoms with Gasteiger partial charge in [0, 0.05) is 31.7 Å². The van der Waals surface area contributed by atoms with Crippen LogP contribution < -0.4 is 5.32 Å². The fraction of sp³-hybridized carbons (Fsp3) is 0.500. The SMILES string of the molecule is CN(CCN([C@@H]1CCCCNC1=O)S(=O)(=O)c1ccc(Cl)cc1)C(=O)O. The zero-order valence-corrected chi connectivity index (χ0v) is 16.0. The summed E-state index contributed by atoms with van der Waals surface area (Å²) in [6, 6.07) is 4.80. The van der Waals surface area contributed by atoms with Crippen LogP contribution in [0.15, 0.2) is 29.2 Å². The molecular weight excluding hydrogens is 382 g/mol. The number of halogens is 1. The molecule has 0 bridgehead atoms. The van der Waals surface area contributed by atoms with Gasteiger partial charge in [0.2, 0.25) is 15.9 Å². The Morgan fingerprint density at radius 3 is 2.54 bits per heavy atom. The molecule has 0 radical (unpaired) electrons. The molecule has 1 aliphatic heterocycles. The highest BCUT2D eigenvalue weighted by Crippen LogP contribution is 2.23. The molecule has 1 aromatic carbocycles. The van der Waals surface area contributed by atoms with E-state index in [1.165, 1.54) is 31.3 Å². The van der Waals surface area contributed by atoms with Crippen LogP contribution in [-0.2, 0) is 14.8 Å². The molecule has 1 fully saturated rings. The summed E-state index contributed by atoms with van der Waals surface area (Å²) in [6.07, 6.45) is 0.686. The first-order chi connectivity index (χ1) is 12.2. The van der Waals surface area contributed by atoms with Gasteiger partial charge in [-0.3, -0.25) is 4.79 Å². The summed E-state index contributed by atoms with van der Waals surface area (Å²) in [5, 5.41) is 12.1. The molecule has 1 aliphatic rings. The third-order valence-electron chi connectivity index (χ3n) is 4.26. The molecule has 144 valence electrons. The highest BCUT2D eigenvalue weighted by atomic mass is 35.5. The van der Waals surface area contributed by atoms with Crippen molar-refractivity contribution in [3.63, 3.8) is 0 Å². The number of amides is 2. The second-order valence-corrected chi connectivity index (χ2v) is 8.40. The molecule has 0 unspecified atom stereocenters. The lowest BCUT2D eigenvalue weighted by molar-refractivity contribution is -0.124. The van der Waals surface area contributed by atoms with Crippen molar-refractivity contribution in [1.29, 1.82) is 0 Å². The predicted octanol–water partition coefficient (Wildman–Crippen LogP) is 1.61. The van der Waals surface area contributed by atoms with E-state index in [1.54, 1.807) is 0 Å². The number of carbonyl (C=O) groups excluding carboxylic acids is 1. The third-order valence-corrected chi connectivity index (χ3v) is 6.43. The van der Waals surface area contributed by atoms with Crippen molar-refractivity contribution in [2.45, 2.75) is 30.2 Å². The van der Waals surface area contributed by atoms with E-state index in [0.29, 0.717) is 24.4 Å². The van der Waals surface area contributed by atoms with Crippen LogP contribution in [0, 0.1) is 0 Å². The van der Waals surface area contributed by atoms with Crippen LogP contribution in [0.5, 0.6) is 0 Å². The largest absolute Gasteiger partial charge is 0.465 e. The Kier molecular flexibility index (Phi) is 6.85. The summed E-state index contributed by atoms with van der Waals surface area (Å²) in [5.41, 5.74) is 0. The maximum atomic E-state index is 13.1. The van der Waals surface area contributed by atoms with Crippen LogP contribution >= 0.6 is 11.6 Å². The summed E-state index contributed by atoms with van der Waals surface area (Å²) < 4.78 is 27.3. The third kappa shape index (κ3) is 4.87. The van der Waals surface area contributed by atoms with Crippen molar-refractivity contribution in [2.24, 2.45) is 0 Å². The molecular formula is C16H22ClN3O5S. The molecule has 0 aliphatic carbocycles. The number of likely N-dealkylation sites (N-methyl/N-ethyl adjacent to an activating group) is 1. The molecule has 8 nitrogen and oxygen atoms in total. The average Bonchev–Trinajstić information content (AvgIpc) is 2.80. The molecule has 2 amide bonds. The summed E-state index contributed by atoms with van der Waals surface area (Å²) in [6.45, 7) is 0.330. The number of nitrogens with zero attached hydrogens (tertiary/aromatic N) is 2. The van der Waals surface area contributed by atoms with Gasteiger partial charge in [0.05, 0.1) is 4.90 Å². The van der Waals surface area contributed by atoms with Crippen molar-refractivity contribution >= 4 is 33.6 Å². The zero-order chi connectivity index (χ0) is 19.3. The second kappa shape index (κ2) is 8.70. The number of hydrogen-bond acceptors (Lipinski definition) is 4. The van der Waals surface area contributed by atoms with Crippen molar-refractivity contribution in [2.75, 3.05) is 26.7 Å². The lowest BCUT2D eigenvalue weighted by atomic mass is 10.1. The maximum absolute atomic E-state index is 13.1. The maximum Gasteiger partial charge on any atom is 0.407 e. The molecule has 1 saturated heterocycles. The summed E-state index contributed by atoms with van der Waals surface area (Å²) in [7, 11) is -2.64. The Morgan fingerprint density at radius 2 is 1.92 bits per heavy atom. The number of benzene rings is 1. The van der Waals surface area contributed by atoms with Gasteiger partial charge < -0.3 is 15.3 Å². The van der Waals surface area contributed by atoms with Crippen LogP contribution in [0.3, 0.4) is 0 Å². The zero-order valence-electron chi connectivity index (χ0n) is 14.4. The standard InChI is InChI=1S/C16H22ClN3O5S/c1-19(16(22)23)10-11-20(14-4-2-3-9-18-15(14)21)26(24,25)13-7-5-12(17)6-8-13/h5-8,14H,2-4,9-11H2,1H3,(H,18,21)(H,22,23)/t14-/m1/s1. The first-order valence-corrected chi connectivity index (χ1v) is 10.0. The lowest BCUT2D eigenvalue weighted by Crippen LogP contribution is -2.51. The average molecular weight is 404 g/mol. The number of carbonyl (C=O) groups is 2. The smallest absolute Gasteiger partial charge is 0.407 e. The van der Waals surface area contributed by atoms with Crippen molar-refractivity contribution in [3.8, 4) is 0 Å². The summed E-state index contributed by atoms with van der Waals surface area (Å²) in [4.78, 5) is 24.4. The fourth-order valence-electron chi connectivity index (χ4n) is 2.73. The Labute approximate surface area is 157 Å². The Balaban J connectivity index is 2.36. The van der Waals surface area contributed by atoms with Gasteiger partial charge in [0.25, 0.3) is 0 Å². The van der Waals surface area contributed by atoms with E-state index in [4.69, 9.17) is 16.7 Å². The number of nitrogens with one attached hydrogen (secondary N) is 1. The van der Waals surface area contributed by atoms with Gasteiger partial charge in [-0.1, -0.05) is 11.6 Å². The normalized spacial score (nSPS) is 18.3. The van der Waals surface area contributed by atoms with Gasteiger partial charge in [-0.25, -0.2) is 13.2 Å². The summed E-state index contributed by atoms with van der Waals surface area (Å²) in [5.74, 6) is -0.363. The van der Waals surface area contributed by atoms with E-state index < -0.39 is 22.2 Å². The molecule has 0 aromatic heterocycles. The quantitative estimate of drug-likeness (QED) is 0.750. The first-order valence-electron chi connectivity index (χ1n) is 8.22. The summed E-state index contributed by atoms with van der Waals surface area (Å²) >= 11 is 5.83. The topological polar surface area (TPSA) is 107 Å². The number of hydrogen-bond donors (Lipinski definition) is 2. The Morgan fingerprint density at radius 1 is 1.27 bits per heavy atom. The molecule has 26 heavy (non-hydrogen) atoms. The van der Waals surface area contributed by atoms with Crippen LogP contribution in [0.4, 0.5) is 4.79 Å². The Hall–Kier alpha value is -1.84. The van der Waals surface area contributed by atoms with Gasteiger partial charge >= 0.3 is 6.09 Å². The van der Waals surface area contributed by atoms with Gasteiger partial charge in [-0.05, 0) is 43.5 Å². The molecule has 1 atom stereocenters. The van der Waals surface area contributed by atoms with Gasteiger partial charge in [0.15, 0.2) is 0 Å². The molecule has 10 heteroatoms. The van der Waals surface area contributed by atoms with Crippen LogP contribution in [-0.4, -0.2) is 67.5 Å². The highest BCUT2D eigenvalue weighted by molar-refractivity contribution is 7.89. The van der Waals surface area contributed by atoms with Crippen LogP contribution in [0.25, 0.3) is 0 Å². The molecule has 1 aromatic rings. The molecule has 2 rings (SSSR count). The van der Waals surface area contributed by atoms with E-state index in [0.717, 1.165) is 15.6 Å². The minimum Gasteiger partial charge on any atom is -0.465 e. The van der Waals surface area contributed by atoms with Gasteiger partial charge in [-0.15, -0.1) is 0 Å². The highest BCUT2D eigenvalue weighted by Gasteiger charge is 2.36. The van der Waals surface area contributed by atoms with Crippen molar-refractivity contribution < 1.29 is 23.1 Å². The second-order valence-electron chi connectivity index (χ2n) is 6.08. The number of sulfonamides is 1. The van der Waals surface area contributed by atoms with Crippen LogP contribution in [0.2, 0.25) is 5.02 Å². The van der Waals surface area contributed by atoms with E-state index in [-0.39, 0.29) is 23.9 Å². The molecule has 0 spiro atoms. The number of carboxylic acid groups (broad SMARTS) is 1. The molecule has 1 heterocycles. The number of rotatable bonds is 6. The molecule has 2 N–H and O–H groups in total. The predicted molar refractivity (Wildman–Crippen MR) is 96.6 cm³/mol. The molecule has 0 saturated carbocycles. The van der Waals surface area contributed by atoms with Crippen LogP contribution in [0.1, 0.15) is 19.3 Å².